The lowest BCUT2D eigenvalue weighted by Gasteiger charge is -2.35. The van der Waals surface area contributed by atoms with Crippen LogP contribution in [0.3, 0.4) is 0 Å². The number of benzene rings is 2. The fourth-order valence-electron chi connectivity index (χ4n) is 3.92. The Morgan fingerprint density at radius 2 is 1.63 bits per heavy atom. The highest BCUT2D eigenvalue weighted by atomic mass is 35.5. The lowest BCUT2D eigenvalue weighted by molar-refractivity contribution is 0.271. The van der Waals surface area contributed by atoms with Crippen molar-refractivity contribution in [2.24, 2.45) is 0 Å². The van der Waals surface area contributed by atoms with E-state index in [0.717, 1.165) is 55.5 Å². The highest BCUT2D eigenvalue weighted by Crippen LogP contribution is 2.39. The fourth-order valence-corrected chi connectivity index (χ4v) is 3.92. The molecule has 0 N–H and O–H groups in total. The van der Waals surface area contributed by atoms with Crippen LogP contribution in [0.5, 0.6) is 11.5 Å². The smallest absolute Gasteiger partial charge is 0.170 e. The Morgan fingerprint density at radius 3 is 2.30 bits per heavy atom. The van der Waals surface area contributed by atoms with Gasteiger partial charge in [-0.25, -0.2) is 4.98 Å². The van der Waals surface area contributed by atoms with Crippen LogP contribution in [0.4, 0.5) is 5.82 Å². The average Bonchev–Trinajstić information content (AvgIpc) is 2.77. The van der Waals surface area contributed by atoms with Crippen LogP contribution in [0.1, 0.15) is 6.92 Å². The van der Waals surface area contributed by atoms with Crippen molar-refractivity contribution in [2.45, 2.75) is 6.92 Å². The largest absolute Gasteiger partial charge is 0.493 e. The number of methoxy groups -OCH3 is 2. The number of halogens is 2. The van der Waals surface area contributed by atoms with Crippen LogP contribution >= 0.6 is 24.8 Å². The second kappa shape index (κ2) is 10.7. The van der Waals surface area contributed by atoms with Gasteiger partial charge in [-0.15, -0.1) is 24.8 Å². The number of fused-ring (bicyclic) bond motifs is 1. The van der Waals surface area contributed by atoms with E-state index in [1.54, 1.807) is 14.2 Å². The van der Waals surface area contributed by atoms with Gasteiger partial charge in [0.15, 0.2) is 11.5 Å². The number of piperazine rings is 1. The molecule has 0 spiro atoms. The molecule has 162 valence electrons. The van der Waals surface area contributed by atoms with E-state index in [-0.39, 0.29) is 24.8 Å². The second-order valence-electron chi connectivity index (χ2n) is 7.01. The average molecular weight is 450 g/mol. The Bertz CT molecular complexity index is 976. The molecule has 0 aliphatic carbocycles. The molecule has 1 saturated heterocycles. The third-order valence-corrected chi connectivity index (χ3v) is 5.52. The van der Waals surface area contributed by atoms with Crippen LogP contribution in [0, 0.1) is 0 Å². The molecule has 1 aliphatic heterocycles. The molecule has 0 amide bonds. The molecule has 0 atom stereocenters. The number of ether oxygens (including phenoxy) is 2. The van der Waals surface area contributed by atoms with Gasteiger partial charge < -0.3 is 19.3 Å². The molecule has 5 nitrogen and oxygen atoms in total. The van der Waals surface area contributed by atoms with Crippen LogP contribution in [0.15, 0.2) is 48.5 Å². The van der Waals surface area contributed by atoms with E-state index in [2.05, 4.69) is 47.1 Å². The van der Waals surface area contributed by atoms with Crippen molar-refractivity contribution >= 4 is 41.4 Å². The van der Waals surface area contributed by atoms with Crippen molar-refractivity contribution < 1.29 is 9.47 Å². The molecule has 0 bridgehead atoms. The molecule has 4 rings (SSSR count). The van der Waals surface area contributed by atoms with Gasteiger partial charge in [0.05, 0.1) is 19.9 Å². The Balaban J connectivity index is 0.00000160. The van der Waals surface area contributed by atoms with Gasteiger partial charge in [0, 0.05) is 37.1 Å². The molecular formula is C23H29Cl2N3O2. The topological polar surface area (TPSA) is 37.8 Å². The van der Waals surface area contributed by atoms with Gasteiger partial charge in [-0.2, -0.15) is 0 Å². The number of aromatic nitrogens is 1. The first-order valence-electron chi connectivity index (χ1n) is 9.83. The van der Waals surface area contributed by atoms with Crippen LogP contribution in [0.25, 0.3) is 22.0 Å². The maximum absolute atomic E-state index is 5.66. The van der Waals surface area contributed by atoms with E-state index in [4.69, 9.17) is 14.5 Å². The van der Waals surface area contributed by atoms with Crippen molar-refractivity contribution in [1.82, 2.24) is 9.88 Å². The number of likely N-dealkylation sites (N-methyl/N-ethyl adjacent to an activating group) is 1. The lowest BCUT2D eigenvalue weighted by Crippen LogP contribution is -2.46. The predicted molar refractivity (Wildman–Crippen MR) is 129 cm³/mol. The lowest BCUT2D eigenvalue weighted by atomic mass is 10.0. The van der Waals surface area contributed by atoms with Crippen molar-refractivity contribution in [1.29, 1.82) is 0 Å². The van der Waals surface area contributed by atoms with Crippen LogP contribution in [-0.2, 0) is 0 Å². The summed E-state index contributed by atoms with van der Waals surface area (Å²) >= 11 is 0. The molecule has 0 unspecified atom stereocenters. The van der Waals surface area contributed by atoms with Crippen molar-refractivity contribution in [2.75, 3.05) is 51.8 Å². The highest BCUT2D eigenvalue weighted by Gasteiger charge is 2.21. The molecule has 0 saturated carbocycles. The van der Waals surface area contributed by atoms with Gasteiger partial charge >= 0.3 is 0 Å². The van der Waals surface area contributed by atoms with Gasteiger partial charge in [-0.05, 0) is 30.1 Å². The van der Waals surface area contributed by atoms with Gasteiger partial charge in [0.2, 0.25) is 0 Å². The highest BCUT2D eigenvalue weighted by molar-refractivity contribution is 5.95. The maximum atomic E-state index is 5.66. The minimum absolute atomic E-state index is 0. The Kier molecular flexibility index (Phi) is 8.59. The molecular weight excluding hydrogens is 421 g/mol. The quantitative estimate of drug-likeness (QED) is 0.553. The van der Waals surface area contributed by atoms with Crippen LogP contribution in [-0.4, -0.2) is 56.8 Å². The van der Waals surface area contributed by atoms with Gasteiger partial charge in [-0.3, -0.25) is 0 Å². The summed E-state index contributed by atoms with van der Waals surface area (Å²) in [5.41, 5.74) is 1.85. The number of nitrogens with zero attached hydrogens (tertiary/aromatic N) is 3. The predicted octanol–water partition coefficient (Wildman–Crippen LogP) is 4.90. The van der Waals surface area contributed by atoms with Crippen molar-refractivity contribution in [3.05, 3.63) is 48.5 Å². The number of pyridine rings is 1. The van der Waals surface area contributed by atoms with Gasteiger partial charge in [0.1, 0.15) is 5.82 Å². The van der Waals surface area contributed by atoms with E-state index in [9.17, 15) is 0 Å². The minimum Gasteiger partial charge on any atom is -0.493 e. The molecule has 0 radical (unpaired) electrons. The number of para-hydroxylation sites is 1. The summed E-state index contributed by atoms with van der Waals surface area (Å²) < 4.78 is 11.2. The molecule has 1 aromatic heterocycles. The summed E-state index contributed by atoms with van der Waals surface area (Å²) in [5.74, 6) is 2.48. The zero-order chi connectivity index (χ0) is 19.5. The van der Waals surface area contributed by atoms with Gasteiger partial charge in [0.25, 0.3) is 0 Å². The summed E-state index contributed by atoms with van der Waals surface area (Å²) in [7, 11) is 3.33. The van der Waals surface area contributed by atoms with Crippen LogP contribution in [0.2, 0.25) is 0 Å². The summed E-state index contributed by atoms with van der Waals surface area (Å²) in [6.45, 7) is 7.44. The summed E-state index contributed by atoms with van der Waals surface area (Å²) in [6, 6.07) is 16.5. The first-order chi connectivity index (χ1) is 13.7. The summed E-state index contributed by atoms with van der Waals surface area (Å²) in [5, 5.41) is 2.38. The van der Waals surface area contributed by atoms with Crippen LogP contribution < -0.4 is 14.4 Å². The number of hydrogen-bond donors (Lipinski definition) is 0. The molecule has 1 fully saturated rings. The normalized spacial score (nSPS) is 14.0. The van der Waals surface area contributed by atoms with Crippen molar-refractivity contribution in [3.8, 4) is 22.8 Å². The Hall–Kier alpha value is -2.21. The van der Waals surface area contributed by atoms with E-state index in [1.807, 2.05) is 18.2 Å². The minimum atomic E-state index is 0. The summed E-state index contributed by atoms with van der Waals surface area (Å²) in [6.07, 6.45) is 0. The van der Waals surface area contributed by atoms with E-state index >= 15 is 0 Å². The number of hydrogen-bond acceptors (Lipinski definition) is 5. The zero-order valence-corrected chi connectivity index (χ0v) is 19.3. The SMILES string of the molecule is CCN1CCN(c2nc(-c3cccc(OC)c3OC)cc3ccccc23)CC1.Cl.Cl. The van der Waals surface area contributed by atoms with E-state index < -0.39 is 0 Å². The summed E-state index contributed by atoms with van der Waals surface area (Å²) in [4.78, 5) is 9.99. The fraction of sp³-hybridized carbons (Fsp3) is 0.348. The van der Waals surface area contributed by atoms with E-state index in [0.29, 0.717) is 5.75 Å². The standard InChI is InChI=1S/C23H27N3O2.2ClH/c1-4-25-12-14-26(15-13-25)23-18-9-6-5-8-17(18)16-20(24-23)19-10-7-11-21(27-2)22(19)28-3;;/h5-11,16H,4,12-15H2,1-3H3;2*1H. The molecule has 1 aliphatic rings. The zero-order valence-electron chi connectivity index (χ0n) is 17.6. The molecule has 2 heterocycles. The van der Waals surface area contributed by atoms with E-state index in [1.165, 1.54) is 10.8 Å². The maximum Gasteiger partial charge on any atom is 0.170 e. The third kappa shape index (κ3) is 4.59. The third-order valence-electron chi connectivity index (χ3n) is 5.52. The monoisotopic (exact) mass is 449 g/mol. The van der Waals surface area contributed by atoms with Crippen molar-refractivity contribution in [3.63, 3.8) is 0 Å². The molecule has 2 aromatic carbocycles. The first kappa shape index (κ1) is 24.1. The molecule has 3 aromatic rings. The molecule has 7 heteroatoms. The Labute approximate surface area is 190 Å². The Morgan fingerprint density at radius 1 is 0.900 bits per heavy atom. The second-order valence-corrected chi connectivity index (χ2v) is 7.01. The first-order valence-corrected chi connectivity index (χ1v) is 9.83. The van der Waals surface area contributed by atoms with Gasteiger partial charge in [-0.1, -0.05) is 37.3 Å². The molecule has 30 heavy (non-hydrogen) atoms. The number of anilines is 1. The number of rotatable bonds is 5.